The predicted octanol–water partition coefficient (Wildman–Crippen LogP) is 4.77. The summed E-state index contributed by atoms with van der Waals surface area (Å²) in [7, 11) is -1.99. The van der Waals surface area contributed by atoms with E-state index in [1.54, 1.807) is 49.6 Å². The van der Waals surface area contributed by atoms with Crippen molar-refractivity contribution in [1.29, 1.82) is 0 Å². The van der Waals surface area contributed by atoms with Gasteiger partial charge in [-0.1, -0.05) is 12.1 Å². The number of ether oxygens (including phenoxy) is 1. The average molecular weight is 534 g/mol. The maximum Gasteiger partial charge on any atom is 0.293 e. The number of methoxy groups -OCH3 is 1. The smallest absolute Gasteiger partial charge is 0.293 e. The Labute approximate surface area is 220 Å². The fourth-order valence-electron chi connectivity index (χ4n) is 4.40. The number of ketones is 1. The van der Waals surface area contributed by atoms with Gasteiger partial charge in [-0.05, 0) is 73.5 Å². The number of carbonyl (C=O) groups excluding carboxylic acids is 2. The molecule has 10 heteroatoms. The predicted molar refractivity (Wildman–Crippen MR) is 144 cm³/mol. The third-order valence-electron chi connectivity index (χ3n) is 6.45. The Balaban J connectivity index is 1.33. The van der Waals surface area contributed by atoms with Gasteiger partial charge in [0.25, 0.3) is 5.91 Å². The van der Waals surface area contributed by atoms with Crippen LogP contribution in [0.4, 0.5) is 11.4 Å². The number of benzene rings is 3. The lowest BCUT2D eigenvalue weighted by molar-refractivity contribution is 0.0991. The quantitative estimate of drug-likeness (QED) is 0.298. The molecule has 5 rings (SSSR count). The minimum Gasteiger partial charge on any atom is -0.497 e. The molecule has 0 unspecified atom stereocenters. The fourth-order valence-corrected chi connectivity index (χ4v) is 5.92. The van der Waals surface area contributed by atoms with Crippen LogP contribution < -0.4 is 15.4 Å². The highest BCUT2D eigenvalue weighted by Gasteiger charge is 2.27. The number of sulfonamides is 1. The third-order valence-corrected chi connectivity index (χ3v) is 8.37. The van der Waals surface area contributed by atoms with Gasteiger partial charge in [0.05, 0.1) is 24.2 Å². The summed E-state index contributed by atoms with van der Waals surface area (Å²) in [6.45, 7) is 0.907. The van der Waals surface area contributed by atoms with E-state index in [1.165, 1.54) is 28.6 Å². The summed E-state index contributed by atoms with van der Waals surface area (Å²) in [5.41, 5.74) is 1.81. The maximum absolute atomic E-state index is 13.1. The van der Waals surface area contributed by atoms with Gasteiger partial charge in [-0.2, -0.15) is 4.31 Å². The van der Waals surface area contributed by atoms with Gasteiger partial charge in [-0.25, -0.2) is 8.42 Å². The van der Waals surface area contributed by atoms with Crippen molar-refractivity contribution in [2.45, 2.75) is 17.7 Å². The van der Waals surface area contributed by atoms with E-state index >= 15 is 0 Å². The highest BCUT2D eigenvalue weighted by Crippen LogP contribution is 2.32. The molecule has 1 aromatic heterocycles. The van der Waals surface area contributed by atoms with E-state index in [-0.39, 0.29) is 23.0 Å². The van der Waals surface area contributed by atoms with Crippen LogP contribution in [-0.2, 0) is 10.0 Å². The SMILES string of the molecule is COc1ccc(NC(=O)c2oc3ccccc3c2NCC(=O)c2ccc(S(=O)(=O)N3CCCC3)cc2)cc1. The molecule has 1 saturated heterocycles. The normalized spacial score (nSPS) is 13.9. The van der Waals surface area contributed by atoms with E-state index in [0.29, 0.717) is 46.7 Å². The topological polar surface area (TPSA) is 118 Å². The minimum atomic E-state index is -3.56. The highest BCUT2D eigenvalue weighted by atomic mass is 32.2. The molecule has 1 fully saturated rings. The summed E-state index contributed by atoms with van der Waals surface area (Å²) in [6.07, 6.45) is 1.70. The number of rotatable bonds is 9. The van der Waals surface area contributed by atoms with Crippen molar-refractivity contribution in [2.75, 3.05) is 37.4 Å². The first-order chi connectivity index (χ1) is 18.4. The van der Waals surface area contributed by atoms with Crippen molar-refractivity contribution in [3.63, 3.8) is 0 Å². The zero-order valence-electron chi connectivity index (χ0n) is 20.8. The van der Waals surface area contributed by atoms with E-state index in [4.69, 9.17) is 9.15 Å². The van der Waals surface area contributed by atoms with Crippen LogP contribution in [0.3, 0.4) is 0 Å². The minimum absolute atomic E-state index is 0.0434. The van der Waals surface area contributed by atoms with Gasteiger partial charge >= 0.3 is 0 Å². The molecule has 1 amide bonds. The van der Waals surface area contributed by atoms with Crippen LogP contribution >= 0.6 is 0 Å². The molecular weight excluding hydrogens is 506 g/mol. The molecule has 1 aliphatic heterocycles. The summed E-state index contributed by atoms with van der Waals surface area (Å²) in [5, 5.41) is 6.52. The second-order valence-electron chi connectivity index (χ2n) is 8.90. The summed E-state index contributed by atoms with van der Waals surface area (Å²) in [5.74, 6) is -0.0316. The number of anilines is 2. The largest absolute Gasteiger partial charge is 0.497 e. The number of Topliss-reactive ketones (excluding diaryl/α,β-unsaturated/α-hetero) is 1. The first-order valence-electron chi connectivity index (χ1n) is 12.2. The first-order valence-corrected chi connectivity index (χ1v) is 13.6. The van der Waals surface area contributed by atoms with Crippen molar-refractivity contribution >= 4 is 44.1 Å². The Bertz CT molecular complexity index is 1570. The van der Waals surface area contributed by atoms with Crippen molar-refractivity contribution in [3.8, 4) is 5.75 Å². The van der Waals surface area contributed by atoms with E-state index in [9.17, 15) is 18.0 Å². The maximum atomic E-state index is 13.1. The number of fused-ring (bicyclic) bond motifs is 1. The molecule has 9 nitrogen and oxygen atoms in total. The van der Waals surface area contributed by atoms with Crippen LogP contribution in [0, 0.1) is 0 Å². The second kappa shape index (κ2) is 10.7. The molecule has 3 aromatic carbocycles. The molecule has 38 heavy (non-hydrogen) atoms. The van der Waals surface area contributed by atoms with Gasteiger partial charge in [-0.15, -0.1) is 0 Å². The molecule has 0 bridgehead atoms. The van der Waals surface area contributed by atoms with Crippen molar-refractivity contribution in [2.24, 2.45) is 0 Å². The number of nitrogens with one attached hydrogen (secondary N) is 2. The van der Waals surface area contributed by atoms with Gasteiger partial charge in [-0.3, -0.25) is 9.59 Å². The van der Waals surface area contributed by atoms with Gasteiger partial charge in [0.2, 0.25) is 15.8 Å². The number of carbonyl (C=O) groups is 2. The summed E-state index contributed by atoms with van der Waals surface area (Å²) in [6, 6.07) is 20.0. The van der Waals surface area contributed by atoms with Crippen LogP contribution in [0.25, 0.3) is 11.0 Å². The monoisotopic (exact) mass is 533 g/mol. The van der Waals surface area contributed by atoms with Gasteiger partial charge in [0, 0.05) is 29.7 Å². The molecule has 2 N–H and O–H groups in total. The zero-order chi connectivity index (χ0) is 26.7. The number of para-hydroxylation sites is 1. The third kappa shape index (κ3) is 5.13. The van der Waals surface area contributed by atoms with E-state index < -0.39 is 15.9 Å². The lowest BCUT2D eigenvalue weighted by Gasteiger charge is -2.15. The Morgan fingerprint density at radius 2 is 1.63 bits per heavy atom. The summed E-state index contributed by atoms with van der Waals surface area (Å²) in [4.78, 5) is 26.2. The molecule has 0 spiro atoms. The van der Waals surface area contributed by atoms with Crippen LogP contribution in [0.2, 0.25) is 0 Å². The number of furan rings is 1. The van der Waals surface area contributed by atoms with Crippen molar-refractivity contribution in [1.82, 2.24) is 4.31 Å². The summed E-state index contributed by atoms with van der Waals surface area (Å²) >= 11 is 0. The number of hydrogen-bond donors (Lipinski definition) is 2. The van der Waals surface area contributed by atoms with Crippen LogP contribution in [-0.4, -0.2) is 51.2 Å². The lowest BCUT2D eigenvalue weighted by atomic mass is 10.1. The highest BCUT2D eigenvalue weighted by molar-refractivity contribution is 7.89. The molecule has 2 heterocycles. The molecule has 4 aromatic rings. The molecule has 0 saturated carbocycles. The first kappa shape index (κ1) is 25.5. The lowest BCUT2D eigenvalue weighted by Crippen LogP contribution is -2.27. The Morgan fingerprint density at radius 3 is 2.32 bits per heavy atom. The Hall–Kier alpha value is -4.15. The zero-order valence-corrected chi connectivity index (χ0v) is 21.6. The van der Waals surface area contributed by atoms with E-state index in [2.05, 4.69) is 10.6 Å². The Kier molecular flexibility index (Phi) is 7.17. The molecule has 1 aliphatic rings. The molecule has 0 aliphatic carbocycles. The second-order valence-corrected chi connectivity index (χ2v) is 10.8. The van der Waals surface area contributed by atoms with Gasteiger partial charge < -0.3 is 19.8 Å². The average Bonchev–Trinajstić information content (AvgIpc) is 3.61. The summed E-state index contributed by atoms with van der Waals surface area (Å²) < 4.78 is 38.0. The molecule has 0 atom stereocenters. The van der Waals surface area contributed by atoms with Gasteiger partial charge in [0.1, 0.15) is 11.3 Å². The Morgan fingerprint density at radius 1 is 0.947 bits per heavy atom. The van der Waals surface area contributed by atoms with Gasteiger partial charge in [0.15, 0.2) is 5.78 Å². The standard InChI is InChI=1S/C28H27N3O6S/c1-36-21-12-10-20(11-13-21)30-28(33)27-26(23-6-2-3-7-25(23)37-27)29-18-24(32)19-8-14-22(15-9-19)38(34,35)31-16-4-5-17-31/h2-3,6-15,29H,4-5,16-18H2,1H3,(H,30,33). The molecule has 196 valence electrons. The fraction of sp³-hybridized carbons (Fsp3) is 0.214. The van der Waals surface area contributed by atoms with Crippen molar-refractivity contribution < 1.29 is 27.2 Å². The van der Waals surface area contributed by atoms with E-state index in [1.807, 2.05) is 6.07 Å². The molecule has 0 radical (unpaired) electrons. The number of nitrogens with zero attached hydrogens (tertiary/aromatic N) is 1. The number of amides is 1. The number of hydrogen-bond acceptors (Lipinski definition) is 7. The van der Waals surface area contributed by atoms with E-state index in [0.717, 1.165) is 12.8 Å². The van der Waals surface area contributed by atoms with Crippen LogP contribution in [0.1, 0.15) is 33.8 Å². The molecular formula is C28H27N3O6S. The van der Waals surface area contributed by atoms with Crippen molar-refractivity contribution in [3.05, 3.63) is 84.1 Å². The van der Waals surface area contributed by atoms with Crippen LogP contribution in [0.5, 0.6) is 5.75 Å². The van der Waals surface area contributed by atoms with Crippen LogP contribution in [0.15, 0.2) is 82.1 Å².